The number of para-hydroxylation sites is 1. The van der Waals surface area contributed by atoms with Gasteiger partial charge in [0.25, 0.3) is 0 Å². The number of H-pyrrole nitrogens is 1. The first kappa shape index (κ1) is 29.2. The third kappa shape index (κ3) is 6.76. The predicted octanol–water partition coefficient (Wildman–Crippen LogP) is 0.471. The van der Waals surface area contributed by atoms with Crippen LogP contribution in [0.3, 0.4) is 0 Å². The zero-order valence-electron chi connectivity index (χ0n) is 21.1. The lowest BCUT2D eigenvalue weighted by molar-refractivity contribution is -0.156. The van der Waals surface area contributed by atoms with Gasteiger partial charge in [0.1, 0.15) is 24.3 Å². The third-order valence-electron chi connectivity index (χ3n) is 5.22. The second kappa shape index (κ2) is 12.0. The standard InChI is InChI=1S/C23H29N4O10P/c1-5-11-23(24)18(28)17(35-20(23)27-13-25-21(30)26-22(27)31)12-33-38(32,37-16-9-7-6-8-10-16)36-15(4)19(29)34-14(2)3/h6-10,13-15,17-18,20,28H,12,24H2,1-4H3,(H,26,30,31)/t15-,17+,18-,20+,23?,38?/m0/s1. The maximum Gasteiger partial charge on any atom is 0.530 e. The molecule has 206 valence electrons. The highest BCUT2D eigenvalue weighted by Crippen LogP contribution is 2.51. The molecule has 0 radical (unpaired) electrons. The van der Waals surface area contributed by atoms with Gasteiger partial charge >= 0.3 is 25.2 Å². The number of nitrogens with one attached hydrogen (secondary N) is 1. The fourth-order valence-corrected chi connectivity index (χ4v) is 4.86. The summed E-state index contributed by atoms with van der Waals surface area (Å²) in [5, 5.41) is 11.0. The first-order valence-electron chi connectivity index (χ1n) is 11.5. The van der Waals surface area contributed by atoms with Crippen LogP contribution in [-0.4, -0.2) is 62.2 Å². The van der Waals surface area contributed by atoms with Crippen LogP contribution in [0, 0.1) is 11.8 Å². The van der Waals surface area contributed by atoms with Crippen molar-refractivity contribution in [1.82, 2.24) is 14.5 Å². The van der Waals surface area contributed by atoms with Crippen LogP contribution in [0.1, 0.15) is 33.9 Å². The molecular formula is C23H29N4O10P. The van der Waals surface area contributed by atoms with E-state index in [-0.39, 0.29) is 5.75 Å². The van der Waals surface area contributed by atoms with Crippen LogP contribution in [0.25, 0.3) is 0 Å². The summed E-state index contributed by atoms with van der Waals surface area (Å²) in [5.41, 5.74) is 2.68. The first-order valence-corrected chi connectivity index (χ1v) is 13.0. The molecule has 1 aromatic heterocycles. The molecule has 2 unspecified atom stereocenters. The molecule has 14 nitrogen and oxygen atoms in total. The molecule has 4 N–H and O–H groups in total. The molecule has 3 rings (SSSR count). The van der Waals surface area contributed by atoms with Crippen LogP contribution in [0.2, 0.25) is 0 Å². The average Bonchev–Trinajstić information content (AvgIpc) is 3.08. The molecular weight excluding hydrogens is 523 g/mol. The van der Waals surface area contributed by atoms with Crippen LogP contribution in [-0.2, 0) is 27.9 Å². The molecule has 1 saturated heterocycles. The van der Waals surface area contributed by atoms with Crippen LogP contribution < -0.4 is 21.6 Å². The molecule has 2 aromatic rings. The van der Waals surface area contributed by atoms with Gasteiger partial charge in [0.2, 0.25) is 0 Å². The van der Waals surface area contributed by atoms with Gasteiger partial charge in [-0.3, -0.25) is 18.6 Å². The highest BCUT2D eigenvalue weighted by atomic mass is 31.2. The normalized spacial score (nSPS) is 25.2. The minimum Gasteiger partial charge on any atom is -0.461 e. The fourth-order valence-electron chi connectivity index (χ4n) is 3.53. The van der Waals surface area contributed by atoms with Crippen molar-refractivity contribution in [1.29, 1.82) is 0 Å². The zero-order valence-corrected chi connectivity index (χ0v) is 22.0. The van der Waals surface area contributed by atoms with Gasteiger partial charge in [-0.25, -0.2) is 18.9 Å². The van der Waals surface area contributed by atoms with Gasteiger partial charge in [0.15, 0.2) is 17.9 Å². The zero-order chi connectivity index (χ0) is 28.1. The number of nitrogens with two attached hydrogens (primary N) is 1. The Morgan fingerprint density at radius 1 is 1.32 bits per heavy atom. The summed E-state index contributed by atoms with van der Waals surface area (Å²) < 4.78 is 41.6. The highest BCUT2D eigenvalue weighted by Gasteiger charge is 2.55. The molecule has 38 heavy (non-hydrogen) atoms. The summed E-state index contributed by atoms with van der Waals surface area (Å²) in [4.78, 5) is 41.5. The molecule has 0 bridgehead atoms. The average molecular weight is 552 g/mol. The predicted molar refractivity (Wildman–Crippen MR) is 132 cm³/mol. The van der Waals surface area contributed by atoms with E-state index in [1.165, 1.54) is 26.0 Å². The summed E-state index contributed by atoms with van der Waals surface area (Å²) in [6, 6.07) is 7.92. The number of esters is 1. The minimum atomic E-state index is -4.54. The number of phosphoric ester groups is 1. The van der Waals surface area contributed by atoms with Gasteiger partial charge < -0.3 is 24.8 Å². The lowest BCUT2D eigenvalue weighted by Crippen LogP contribution is -2.55. The number of benzene rings is 1. The van der Waals surface area contributed by atoms with Gasteiger partial charge in [0, 0.05) is 0 Å². The molecule has 6 atom stereocenters. The van der Waals surface area contributed by atoms with Gasteiger partial charge in [-0.05, 0) is 39.8 Å². The summed E-state index contributed by atoms with van der Waals surface area (Å²) in [5.74, 6) is 4.50. The van der Waals surface area contributed by atoms with E-state index in [1.807, 2.05) is 4.98 Å². The van der Waals surface area contributed by atoms with Crippen LogP contribution in [0.4, 0.5) is 0 Å². The smallest absolute Gasteiger partial charge is 0.461 e. The van der Waals surface area contributed by atoms with Crippen molar-refractivity contribution in [3.8, 4) is 17.6 Å². The Hall–Kier alpha value is -3.31. The number of aliphatic hydroxyl groups is 1. The van der Waals surface area contributed by atoms with Crippen molar-refractivity contribution in [3.05, 3.63) is 57.6 Å². The molecule has 1 aliphatic rings. The Morgan fingerprint density at radius 2 is 2.00 bits per heavy atom. The maximum absolute atomic E-state index is 13.6. The van der Waals surface area contributed by atoms with E-state index in [4.69, 9.17) is 28.8 Å². The lowest BCUT2D eigenvalue weighted by atomic mass is 9.91. The minimum absolute atomic E-state index is 0.113. The van der Waals surface area contributed by atoms with Crippen molar-refractivity contribution in [2.24, 2.45) is 5.73 Å². The Morgan fingerprint density at radius 3 is 2.61 bits per heavy atom. The van der Waals surface area contributed by atoms with E-state index >= 15 is 0 Å². The largest absolute Gasteiger partial charge is 0.530 e. The van der Waals surface area contributed by atoms with Crippen LogP contribution >= 0.6 is 7.82 Å². The van der Waals surface area contributed by atoms with Crippen molar-refractivity contribution in [3.63, 3.8) is 0 Å². The van der Waals surface area contributed by atoms with E-state index in [0.717, 1.165) is 10.9 Å². The van der Waals surface area contributed by atoms with Crippen LogP contribution in [0.5, 0.6) is 5.75 Å². The number of carbonyl (C=O) groups is 1. The fraction of sp³-hybridized carbons (Fsp3) is 0.478. The topological polar surface area (TPSA) is 194 Å². The number of carbonyl (C=O) groups excluding carboxylic acids is 1. The number of nitrogens with zero attached hydrogens (tertiary/aromatic N) is 2. The number of ether oxygens (including phenoxy) is 2. The summed E-state index contributed by atoms with van der Waals surface area (Å²) in [7, 11) is -4.54. The molecule has 2 heterocycles. The Kier molecular flexibility index (Phi) is 9.26. The van der Waals surface area contributed by atoms with E-state index in [0.29, 0.717) is 0 Å². The van der Waals surface area contributed by atoms with E-state index in [1.54, 1.807) is 32.0 Å². The molecule has 1 fully saturated rings. The summed E-state index contributed by atoms with van der Waals surface area (Å²) in [6.45, 7) is 5.42. The van der Waals surface area contributed by atoms with Crippen molar-refractivity contribution < 1.29 is 37.5 Å². The number of aliphatic hydroxyl groups excluding tert-OH is 1. The maximum atomic E-state index is 13.6. The quantitative estimate of drug-likeness (QED) is 0.210. The molecule has 0 saturated carbocycles. The lowest BCUT2D eigenvalue weighted by Gasteiger charge is -2.27. The Bertz CT molecular complexity index is 1350. The first-order chi connectivity index (χ1) is 17.9. The van der Waals surface area contributed by atoms with Gasteiger partial charge in [-0.1, -0.05) is 24.1 Å². The number of rotatable bonds is 10. The molecule has 0 amide bonds. The number of phosphoric acid groups is 1. The van der Waals surface area contributed by atoms with Crippen LogP contribution in [0.15, 0.2) is 46.2 Å². The highest BCUT2D eigenvalue weighted by molar-refractivity contribution is 7.49. The molecule has 0 aliphatic carbocycles. The number of aromatic amines is 1. The van der Waals surface area contributed by atoms with Crippen molar-refractivity contribution >= 4 is 13.8 Å². The summed E-state index contributed by atoms with van der Waals surface area (Å²) >= 11 is 0. The van der Waals surface area contributed by atoms with Gasteiger partial charge in [-0.15, -0.1) is 5.92 Å². The van der Waals surface area contributed by atoms with Gasteiger partial charge in [-0.2, -0.15) is 4.98 Å². The molecule has 1 aromatic carbocycles. The van der Waals surface area contributed by atoms with E-state index < -0.39 is 68.0 Å². The van der Waals surface area contributed by atoms with E-state index in [9.17, 15) is 24.1 Å². The number of aromatic nitrogens is 3. The van der Waals surface area contributed by atoms with Crippen molar-refractivity contribution in [2.75, 3.05) is 6.61 Å². The monoisotopic (exact) mass is 552 g/mol. The van der Waals surface area contributed by atoms with Crippen molar-refractivity contribution in [2.45, 2.75) is 63.9 Å². The third-order valence-corrected chi connectivity index (χ3v) is 6.70. The second-order valence-corrected chi connectivity index (χ2v) is 10.1. The van der Waals surface area contributed by atoms with E-state index in [2.05, 4.69) is 16.8 Å². The van der Waals surface area contributed by atoms with Gasteiger partial charge in [0.05, 0.1) is 12.7 Å². The Balaban J connectivity index is 1.86. The SMILES string of the molecule is CC#CC1(N)[C@@H](O)[C@@H](COP(=O)(Oc2ccccc2)O[C@@H](C)C(=O)OC(C)C)O[C@H]1n1cnc(=O)[nH]c1=O. The molecule has 15 heteroatoms. The summed E-state index contributed by atoms with van der Waals surface area (Å²) in [6.07, 6.45) is -5.20. The second-order valence-electron chi connectivity index (χ2n) is 8.55. The molecule has 0 spiro atoms. The molecule has 1 aliphatic heterocycles. The number of hydrogen-bond acceptors (Lipinski definition) is 12. The Labute approximate surface area is 217 Å². The number of hydrogen-bond donors (Lipinski definition) is 3.